The van der Waals surface area contributed by atoms with Gasteiger partial charge in [-0.2, -0.15) is 0 Å². The van der Waals surface area contributed by atoms with Crippen LogP contribution >= 0.6 is 0 Å². The summed E-state index contributed by atoms with van der Waals surface area (Å²) in [5.74, 6) is 0. The zero-order chi connectivity index (χ0) is 47.0. The van der Waals surface area contributed by atoms with E-state index in [4.69, 9.17) is 4.42 Å². The van der Waals surface area contributed by atoms with Crippen LogP contribution in [-0.2, 0) is 22.7 Å². The fraction of sp³-hybridized carbons (Fsp3) is 0.200. The normalized spacial score (nSPS) is 13.6. The summed E-state index contributed by atoms with van der Waals surface area (Å²) in [6.45, 7) is 18.6. The Bertz CT molecular complexity index is 3510. The molecule has 0 spiro atoms. The van der Waals surface area contributed by atoms with Gasteiger partial charge in [-0.15, -0.1) is 0 Å². The molecule has 1 aliphatic rings. The molecule has 1 aromatic heterocycles. The molecule has 0 unspecified atom stereocenters. The summed E-state index contributed by atoms with van der Waals surface area (Å²) in [6, 6.07) is 71.5. The third-order valence-corrected chi connectivity index (χ3v) is 14.4. The number of rotatable bonds is 8. The summed E-state index contributed by atoms with van der Waals surface area (Å²) in [7, 11) is 0. The molecule has 68 heavy (non-hydrogen) atoms. The van der Waals surface area contributed by atoms with Gasteiger partial charge >= 0.3 is 0 Å². The van der Waals surface area contributed by atoms with Gasteiger partial charge in [0.15, 0.2) is 0 Å². The number of fused-ring (bicyclic) bond motifs is 4. The van der Waals surface area contributed by atoms with E-state index in [0.717, 1.165) is 52.1 Å². The Morgan fingerprint density at radius 1 is 0.412 bits per heavy atom. The van der Waals surface area contributed by atoms with Gasteiger partial charge in [-0.3, -0.25) is 0 Å². The summed E-state index contributed by atoms with van der Waals surface area (Å²) < 4.78 is 7.07. The zero-order valence-electron chi connectivity index (χ0n) is 40.7. The first-order chi connectivity index (χ1) is 32.7. The summed E-state index contributed by atoms with van der Waals surface area (Å²) in [5, 5.41) is 4.91. The van der Waals surface area contributed by atoms with Crippen molar-refractivity contribution in [2.45, 2.75) is 84.5 Å². The number of aryl methyl sites for hydroxylation is 1. The van der Waals surface area contributed by atoms with Crippen molar-refractivity contribution in [1.29, 1.82) is 0 Å². The molecular formula is C65H60N2O. The van der Waals surface area contributed by atoms with Gasteiger partial charge in [-0.1, -0.05) is 171 Å². The average Bonchev–Trinajstić information content (AvgIpc) is 3.72. The van der Waals surface area contributed by atoms with E-state index in [1.807, 2.05) is 0 Å². The third-order valence-electron chi connectivity index (χ3n) is 14.4. The fourth-order valence-electron chi connectivity index (χ4n) is 10.6. The van der Waals surface area contributed by atoms with Gasteiger partial charge in [0.2, 0.25) is 0 Å². The highest BCUT2D eigenvalue weighted by Gasteiger charge is 2.34. The van der Waals surface area contributed by atoms with E-state index in [1.165, 1.54) is 72.0 Å². The van der Waals surface area contributed by atoms with E-state index in [1.54, 1.807) is 0 Å². The summed E-state index contributed by atoms with van der Waals surface area (Å²) in [5.41, 5.74) is 18.7. The Labute approximate surface area is 402 Å². The maximum Gasteiger partial charge on any atom is 0.137 e. The Morgan fingerprint density at radius 3 is 1.47 bits per heavy atom. The summed E-state index contributed by atoms with van der Waals surface area (Å²) >= 11 is 0. The quantitative estimate of drug-likeness (QED) is 0.152. The monoisotopic (exact) mass is 884 g/mol. The van der Waals surface area contributed by atoms with Crippen LogP contribution in [0.15, 0.2) is 199 Å². The Kier molecular flexibility index (Phi) is 10.5. The lowest BCUT2D eigenvalue weighted by molar-refractivity contribution is 0.474. The molecule has 0 saturated heterocycles. The van der Waals surface area contributed by atoms with Crippen molar-refractivity contribution in [3.8, 4) is 22.3 Å². The third kappa shape index (κ3) is 7.74. The van der Waals surface area contributed by atoms with Crippen LogP contribution in [0.5, 0.6) is 0 Å². The lowest BCUT2D eigenvalue weighted by Crippen LogP contribution is -2.24. The molecule has 10 aromatic rings. The molecule has 3 heteroatoms. The van der Waals surface area contributed by atoms with Crippen molar-refractivity contribution >= 4 is 66.8 Å². The maximum atomic E-state index is 7.07. The van der Waals surface area contributed by atoms with E-state index in [0.29, 0.717) is 0 Å². The molecule has 0 N–H and O–H groups in total. The van der Waals surface area contributed by atoms with E-state index in [9.17, 15) is 0 Å². The van der Waals surface area contributed by atoms with Gasteiger partial charge in [-0.25, -0.2) is 0 Å². The van der Waals surface area contributed by atoms with Crippen LogP contribution in [0.3, 0.4) is 0 Å². The standard InChI is InChI=1S/C65H60N2O/c1-63(2,3)47-25-17-29-51(39-47)66(49-27-15-23-45(37-49)43-19-11-9-12-20-43)53-31-32-55-59(41-53)68-60-42-57-61-54(35-36-65(57,7)8)58(34-33-56(61)62(55)60)67(52-30-18-26-48(40-52)64(4,5)6)50-28-16-24-46(38-50)44-21-13-10-14-22-44/h9-34,37-42H,35-36H2,1-8H3. The Balaban J connectivity index is 1.11. The van der Waals surface area contributed by atoms with Crippen molar-refractivity contribution in [3.05, 3.63) is 216 Å². The van der Waals surface area contributed by atoms with Crippen LogP contribution in [-0.4, -0.2) is 0 Å². The molecule has 0 amide bonds. The lowest BCUT2D eigenvalue weighted by Gasteiger charge is -2.36. The van der Waals surface area contributed by atoms with Crippen LogP contribution in [0.2, 0.25) is 0 Å². The molecule has 0 radical (unpaired) electrons. The largest absolute Gasteiger partial charge is 0.456 e. The predicted molar refractivity (Wildman–Crippen MR) is 290 cm³/mol. The first-order valence-corrected chi connectivity index (χ1v) is 24.3. The highest BCUT2D eigenvalue weighted by Crippen LogP contribution is 2.51. The van der Waals surface area contributed by atoms with Crippen LogP contribution in [0, 0.1) is 0 Å². The van der Waals surface area contributed by atoms with Gasteiger partial charge in [-0.05, 0) is 157 Å². The second-order valence-electron chi connectivity index (χ2n) is 21.6. The van der Waals surface area contributed by atoms with Gasteiger partial charge in [0.25, 0.3) is 0 Å². The van der Waals surface area contributed by atoms with Crippen LogP contribution in [0.25, 0.3) is 55.0 Å². The van der Waals surface area contributed by atoms with Crippen molar-refractivity contribution in [2.24, 2.45) is 0 Å². The predicted octanol–water partition coefficient (Wildman–Crippen LogP) is 18.8. The number of anilines is 6. The van der Waals surface area contributed by atoms with Crippen molar-refractivity contribution in [3.63, 3.8) is 0 Å². The molecule has 9 aromatic carbocycles. The SMILES string of the molecule is CC(C)(C)c1cccc(N(c2cccc(-c3ccccc3)c2)c2ccc3c(c2)oc2cc4c5c(c(N(c6cccc(-c7ccccc7)c6)c6cccc(C(C)(C)C)c6)ccc5c23)CCC4(C)C)c1. The van der Waals surface area contributed by atoms with E-state index in [2.05, 4.69) is 259 Å². The van der Waals surface area contributed by atoms with Gasteiger partial charge in [0, 0.05) is 51.0 Å². The molecule has 3 nitrogen and oxygen atoms in total. The molecular weight excluding hydrogens is 825 g/mol. The van der Waals surface area contributed by atoms with Crippen molar-refractivity contribution in [1.82, 2.24) is 0 Å². The number of hydrogen-bond donors (Lipinski definition) is 0. The molecule has 0 atom stereocenters. The second-order valence-corrected chi connectivity index (χ2v) is 21.6. The molecule has 11 rings (SSSR count). The maximum absolute atomic E-state index is 7.07. The molecule has 0 bridgehead atoms. The van der Waals surface area contributed by atoms with E-state index < -0.39 is 0 Å². The Morgan fingerprint density at radius 2 is 0.897 bits per heavy atom. The molecule has 336 valence electrons. The molecule has 1 heterocycles. The minimum absolute atomic E-state index is 0.00405. The minimum Gasteiger partial charge on any atom is -0.456 e. The van der Waals surface area contributed by atoms with Crippen molar-refractivity contribution in [2.75, 3.05) is 9.80 Å². The van der Waals surface area contributed by atoms with Crippen LogP contribution in [0.4, 0.5) is 34.1 Å². The first kappa shape index (κ1) is 43.2. The van der Waals surface area contributed by atoms with E-state index in [-0.39, 0.29) is 16.2 Å². The molecule has 0 fully saturated rings. The highest BCUT2D eigenvalue weighted by molar-refractivity contribution is 6.21. The summed E-state index contributed by atoms with van der Waals surface area (Å²) in [4.78, 5) is 4.90. The number of benzene rings is 9. The number of hydrogen-bond acceptors (Lipinski definition) is 3. The zero-order valence-corrected chi connectivity index (χ0v) is 40.7. The second kappa shape index (κ2) is 16.5. The lowest BCUT2D eigenvalue weighted by atomic mass is 9.71. The number of furan rings is 1. The van der Waals surface area contributed by atoms with Crippen molar-refractivity contribution < 1.29 is 4.42 Å². The molecule has 0 saturated carbocycles. The topological polar surface area (TPSA) is 19.6 Å². The van der Waals surface area contributed by atoms with Crippen LogP contribution < -0.4 is 9.80 Å². The average molecular weight is 885 g/mol. The van der Waals surface area contributed by atoms with E-state index >= 15 is 0 Å². The summed E-state index contributed by atoms with van der Waals surface area (Å²) in [6.07, 6.45) is 2.00. The molecule has 0 aliphatic heterocycles. The van der Waals surface area contributed by atoms with Gasteiger partial charge < -0.3 is 14.2 Å². The number of nitrogens with zero attached hydrogens (tertiary/aromatic N) is 2. The van der Waals surface area contributed by atoms with Gasteiger partial charge in [0.05, 0.1) is 0 Å². The fourth-order valence-corrected chi connectivity index (χ4v) is 10.6. The highest BCUT2D eigenvalue weighted by atomic mass is 16.3. The van der Waals surface area contributed by atoms with Crippen LogP contribution in [0.1, 0.15) is 84.1 Å². The first-order valence-electron chi connectivity index (χ1n) is 24.3. The molecule has 1 aliphatic carbocycles. The Hall–Kier alpha value is -7.36. The minimum atomic E-state index is -0.0505. The van der Waals surface area contributed by atoms with Gasteiger partial charge in [0.1, 0.15) is 11.2 Å². The smallest absolute Gasteiger partial charge is 0.137 e.